The molecule has 18 heavy (non-hydrogen) atoms. The van der Waals surface area contributed by atoms with E-state index in [0.717, 1.165) is 10.0 Å². The lowest BCUT2D eigenvalue weighted by atomic mass is 9.83. The molecule has 0 aliphatic carbocycles. The third-order valence-electron chi connectivity index (χ3n) is 2.85. The Labute approximate surface area is 115 Å². The first-order valence-electron chi connectivity index (χ1n) is 5.55. The molecule has 0 aliphatic heterocycles. The zero-order chi connectivity index (χ0) is 13.9. The van der Waals surface area contributed by atoms with Gasteiger partial charge >= 0.3 is 5.97 Å². The number of hydrogen-bond donors (Lipinski definition) is 2. The smallest absolute Gasteiger partial charge is 0.325 e. The summed E-state index contributed by atoms with van der Waals surface area (Å²) in [5, 5.41) is 11.3. The van der Waals surface area contributed by atoms with Crippen molar-refractivity contribution >= 4 is 27.8 Å². The van der Waals surface area contributed by atoms with Gasteiger partial charge in [0.15, 0.2) is 0 Å². The van der Waals surface area contributed by atoms with Crippen LogP contribution < -0.4 is 5.32 Å². The number of carbonyl (C=O) groups is 2. The number of nitrogens with one attached hydrogen (secondary N) is 1. The van der Waals surface area contributed by atoms with Gasteiger partial charge in [-0.15, -0.1) is 0 Å². The van der Waals surface area contributed by atoms with Gasteiger partial charge in [-0.05, 0) is 38.5 Å². The molecule has 0 unspecified atom stereocenters. The SMILES string of the molecule is C[C@@H](NC(=O)C(C)(C)c1ccc(Br)cc1)C(=O)O. The normalized spacial score (nSPS) is 12.9. The molecule has 1 aromatic carbocycles. The number of benzene rings is 1. The third-order valence-corrected chi connectivity index (χ3v) is 3.38. The zero-order valence-corrected chi connectivity index (χ0v) is 12.1. The van der Waals surface area contributed by atoms with E-state index in [2.05, 4.69) is 21.2 Å². The van der Waals surface area contributed by atoms with E-state index in [1.165, 1.54) is 6.92 Å². The maximum Gasteiger partial charge on any atom is 0.325 e. The molecule has 0 aliphatic rings. The summed E-state index contributed by atoms with van der Waals surface area (Å²) in [5.41, 5.74) is 0.0607. The van der Waals surface area contributed by atoms with Gasteiger partial charge in [-0.2, -0.15) is 0 Å². The number of hydrogen-bond acceptors (Lipinski definition) is 2. The second-order valence-electron chi connectivity index (χ2n) is 4.67. The minimum Gasteiger partial charge on any atom is -0.480 e. The number of carbonyl (C=O) groups excluding carboxylic acids is 1. The second kappa shape index (κ2) is 5.52. The van der Waals surface area contributed by atoms with Crippen LogP contribution in [0, 0.1) is 0 Å². The third kappa shape index (κ3) is 3.32. The molecule has 0 bridgehead atoms. The van der Waals surface area contributed by atoms with Gasteiger partial charge in [0.1, 0.15) is 6.04 Å². The lowest BCUT2D eigenvalue weighted by Crippen LogP contribution is -2.46. The molecule has 0 saturated heterocycles. The molecular formula is C13H16BrNO3. The van der Waals surface area contributed by atoms with Gasteiger partial charge < -0.3 is 10.4 Å². The summed E-state index contributed by atoms with van der Waals surface area (Å²) in [6, 6.07) is 6.49. The summed E-state index contributed by atoms with van der Waals surface area (Å²) < 4.78 is 0.932. The van der Waals surface area contributed by atoms with Crippen molar-refractivity contribution in [2.24, 2.45) is 0 Å². The molecule has 2 N–H and O–H groups in total. The Balaban J connectivity index is 2.89. The number of rotatable bonds is 4. The topological polar surface area (TPSA) is 66.4 Å². The summed E-state index contributed by atoms with van der Waals surface area (Å²) in [6.07, 6.45) is 0. The largest absolute Gasteiger partial charge is 0.480 e. The minimum absolute atomic E-state index is 0.306. The molecule has 1 amide bonds. The van der Waals surface area contributed by atoms with E-state index >= 15 is 0 Å². The molecule has 5 heteroatoms. The zero-order valence-electron chi connectivity index (χ0n) is 10.5. The van der Waals surface area contributed by atoms with Gasteiger partial charge in [0.05, 0.1) is 5.41 Å². The Morgan fingerprint density at radius 3 is 2.22 bits per heavy atom. The first kappa shape index (κ1) is 14.7. The standard InChI is InChI=1S/C13H16BrNO3/c1-8(11(16)17)15-12(18)13(2,3)9-4-6-10(14)7-5-9/h4-8H,1-3H3,(H,15,18)(H,16,17)/t8-/m1/s1. The Hall–Kier alpha value is -1.36. The summed E-state index contributed by atoms with van der Waals surface area (Å²) >= 11 is 3.33. The summed E-state index contributed by atoms with van der Waals surface area (Å²) in [4.78, 5) is 22.8. The van der Waals surface area contributed by atoms with E-state index < -0.39 is 17.4 Å². The summed E-state index contributed by atoms with van der Waals surface area (Å²) in [7, 11) is 0. The van der Waals surface area contributed by atoms with Crippen LogP contribution in [0.5, 0.6) is 0 Å². The quantitative estimate of drug-likeness (QED) is 0.896. The highest BCUT2D eigenvalue weighted by Gasteiger charge is 2.31. The van der Waals surface area contributed by atoms with Crippen LogP contribution in [0.2, 0.25) is 0 Å². The van der Waals surface area contributed by atoms with E-state index in [4.69, 9.17) is 5.11 Å². The molecular weight excluding hydrogens is 298 g/mol. The van der Waals surface area contributed by atoms with Gasteiger partial charge in [0.25, 0.3) is 0 Å². The molecule has 0 heterocycles. The highest BCUT2D eigenvalue weighted by molar-refractivity contribution is 9.10. The van der Waals surface area contributed by atoms with Crippen LogP contribution in [0.15, 0.2) is 28.7 Å². The van der Waals surface area contributed by atoms with Gasteiger partial charge in [0, 0.05) is 4.47 Å². The highest BCUT2D eigenvalue weighted by Crippen LogP contribution is 2.25. The van der Waals surface area contributed by atoms with E-state index in [1.807, 2.05) is 24.3 Å². The lowest BCUT2D eigenvalue weighted by Gasteiger charge is -2.25. The van der Waals surface area contributed by atoms with Crippen molar-refractivity contribution in [3.8, 4) is 0 Å². The fourth-order valence-electron chi connectivity index (χ4n) is 1.44. The minimum atomic E-state index is -1.05. The van der Waals surface area contributed by atoms with Crippen molar-refractivity contribution in [3.63, 3.8) is 0 Å². The van der Waals surface area contributed by atoms with Crippen LogP contribution in [0.3, 0.4) is 0 Å². The van der Waals surface area contributed by atoms with E-state index in [-0.39, 0.29) is 5.91 Å². The molecule has 1 rings (SSSR count). The molecule has 1 atom stereocenters. The molecule has 4 nitrogen and oxygen atoms in total. The number of carboxylic acid groups (broad SMARTS) is 1. The van der Waals surface area contributed by atoms with E-state index in [0.29, 0.717) is 0 Å². The summed E-state index contributed by atoms with van der Waals surface area (Å²) in [5.74, 6) is -1.35. The van der Waals surface area contributed by atoms with Gasteiger partial charge in [-0.1, -0.05) is 28.1 Å². The van der Waals surface area contributed by atoms with E-state index in [1.54, 1.807) is 13.8 Å². The monoisotopic (exact) mass is 313 g/mol. The van der Waals surface area contributed by atoms with Crippen molar-refractivity contribution < 1.29 is 14.7 Å². The number of halogens is 1. The van der Waals surface area contributed by atoms with Crippen LogP contribution in [0.25, 0.3) is 0 Å². The molecule has 0 fully saturated rings. The average molecular weight is 314 g/mol. The predicted molar refractivity (Wildman–Crippen MR) is 72.4 cm³/mol. The van der Waals surface area contributed by atoms with E-state index in [9.17, 15) is 9.59 Å². The van der Waals surface area contributed by atoms with Crippen molar-refractivity contribution in [2.45, 2.75) is 32.2 Å². The maximum absolute atomic E-state index is 12.1. The van der Waals surface area contributed by atoms with Crippen molar-refractivity contribution in [3.05, 3.63) is 34.3 Å². The molecule has 0 saturated carbocycles. The predicted octanol–water partition coefficient (Wildman–Crippen LogP) is 2.32. The molecule has 0 aromatic heterocycles. The Kier molecular flexibility index (Phi) is 4.51. The average Bonchev–Trinajstić information content (AvgIpc) is 2.29. The fraction of sp³-hybridized carbons (Fsp3) is 0.385. The Morgan fingerprint density at radius 1 is 1.28 bits per heavy atom. The lowest BCUT2D eigenvalue weighted by molar-refractivity contribution is -0.142. The first-order chi connectivity index (χ1) is 8.25. The number of amides is 1. The fourth-order valence-corrected chi connectivity index (χ4v) is 1.70. The van der Waals surface area contributed by atoms with Crippen LogP contribution in [-0.2, 0) is 15.0 Å². The van der Waals surface area contributed by atoms with Crippen LogP contribution in [0.1, 0.15) is 26.3 Å². The van der Waals surface area contributed by atoms with Gasteiger partial charge in [0.2, 0.25) is 5.91 Å². The van der Waals surface area contributed by atoms with Crippen molar-refractivity contribution in [2.75, 3.05) is 0 Å². The van der Waals surface area contributed by atoms with Crippen molar-refractivity contribution in [1.29, 1.82) is 0 Å². The molecule has 98 valence electrons. The van der Waals surface area contributed by atoms with Crippen molar-refractivity contribution in [1.82, 2.24) is 5.32 Å². The number of carboxylic acids is 1. The molecule has 1 aromatic rings. The first-order valence-corrected chi connectivity index (χ1v) is 6.34. The second-order valence-corrected chi connectivity index (χ2v) is 5.58. The van der Waals surface area contributed by atoms with Crippen LogP contribution in [0.4, 0.5) is 0 Å². The van der Waals surface area contributed by atoms with Crippen LogP contribution in [-0.4, -0.2) is 23.0 Å². The van der Waals surface area contributed by atoms with Gasteiger partial charge in [-0.25, -0.2) is 0 Å². The van der Waals surface area contributed by atoms with Crippen LogP contribution >= 0.6 is 15.9 Å². The number of aliphatic carboxylic acids is 1. The summed E-state index contributed by atoms with van der Waals surface area (Å²) in [6.45, 7) is 4.97. The Bertz CT molecular complexity index is 454. The molecule has 0 radical (unpaired) electrons. The van der Waals surface area contributed by atoms with Gasteiger partial charge in [-0.3, -0.25) is 9.59 Å². The maximum atomic E-state index is 12.1. The highest BCUT2D eigenvalue weighted by atomic mass is 79.9. The molecule has 0 spiro atoms. The Morgan fingerprint density at radius 2 is 1.78 bits per heavy atom.